The molecule has 12 aromatic carbocycles. The molecule has 7 heterocycles. The number of halogens is 4. The molecule has 19 rings (SSSR count). The van der Waals surface area contributed by atoms with Crippen LogP contribution in [0.25, 0.3) is 133 Å². The molecule has 3 aliphatic heterocycles. The molecule has 24 heteroatoms. The standard InChI is InChI=1S/C27H27N3O2.C26H25N3O3.C26H25N3O2.C21H12F4N2O2/c1-29-18-28-26-24(27(31)32)15-23(16-25(26)29)21-10-8-20(9-11-21)22-7-5-6-19(14-22)17-30-12-3-2-4-13-30;1-28-17-27-25-23(26(30)31)14-22(15-24(25)28)20-7-5-19(6-8-20)21-4-2-3-18(13-21)16-29-9-11-32-12-10-29;1-28-17-27-24-15-22(14-23(25(24)28)26(30)31)20-9-7-19(8-10-20)21-6-4-5-18(13-21)16-29-11-2-3-12-29;1-27-9-26-13-8-11(7-12(20(13)27)21(28)29)15-18(24)16(22)14(17(23)19(15)25)10-5-3-2-4-6-10/h5-11,14-16,18H,2-4,12-13,17H2,1H3,(H,31,32);2-8,13-15,17H,9-12,16H2,1H3,(H,30,31);4-10,13-15,17H,2-3,11-12,16H2,1H3,(H,30,31);2-9H,1H3,(H,28,29). The molecule has 3 aliphatic rings. The Labute approximate surface area is 712 Å². The summed E-state index contributed by atoms with van der Waals surface area (Å²) in [6.07, 6.45) is 12.8. The first-order chi connectivity index (χ1) is 60.0. The van der Waals surface area contributed by atoms with Crippen molar-refractivity contribution >= 4 is 68.0 Å². The summed E-state index contributed by atoms with van der Waals surface area (Å²) in [4.78, 5) is 71.3. The molecule has 0 radical (unpaired) electrons. The molecule has 124 heavy (non-hydrogen) atoms. The number of nitrogens with zero attached hydrogens (tertiary/aromatic N) is 11. The smallest absolute Gasteiger partial charge is 0.337 e. The number of piperidine rings is 1. The van der Waals surface area contributed by atoms with Crippen LogP contribution in [0.15, 0.2) is 250 Å². The van der Waals surface area contributed by atoms with Gasteiger partial charge >= 0.3 is 23.9 Å². The zero-order valence-electron chi connectivity index (χ0n) is 68.7. The molecule has 16 aromatic rings. The van der Waals surface area contributed by atoms with Crippen LogP contribution in [0.5, 0.6) is 0 Å². The predicted octanol–water partition coefficient (Wildman–Crippen LogP) is 20.4. The molecule has 626 valence electrons. The molecule has 0 atom stereocenters. The van der Waals surface area contributed by atoms with Crippen molar-refractivity contribution in [3.8, 4) is 89.0 Å². The van der Waals surface area contributed by atoms with Crippen molar-refractivity contribution in [1.29, 1.82) is 0 Å². The van der Waals surface area contributed by atoms with E-state index in [2.05, 4.69) is 168 Å². The van der Waals surface area contributed by atoms with Crippen LogP contribution < -0.4 is 0 Å². The number of ether oxygens (including phenoxy) is 1. The third kappa shape index (κ3) is 18.1. The Hall–Kier alpha value is -14.0. The summed E-state index contributed by atoms with van der Waals surface area (Å²) in [7, 11) is 7.12. The second-order valence-corrected chi connectivity index (χ2v) is 31.6. The van der Waals surface area contributed by atoms with Gasteiger partial charge in [-0.2, -0.15) is 0 Å². The number of carbonyl (C=O) groups is 4. The number of hydrogen-bond donors (Lipinski definition) is 4. The van der Waals surface area contributed by atoms with Crippen LogP contribution in [-0.2, 0) is 52.6 Å². The second-order valence-electron chi connectivity index (χ2n) is 31.6. The van der Waals surface area contributed by atoms with Crippen LogP contribution in [0.1, 0.15) is 90.2 Å². The van der Waals surface area contributed by atoms with E-state index in [1.807, 2.05) is 60.6 Å². The van der Waals surface area contributed by atoms with Crippen LogP contribution in [0, 0.1) is 23.3 Å². The summed E-state index contributed by atoms with van der Waals surface area (Å²) in [5.74, 6) is -10.6. The highest BCUT2D eigenvalue weighted by molar-refractivity contribution is 6.06. The van der Waals surface area contributed by atoms with Gasteiger partial charge < -0.3 is 43.4 Å². The van der Waals surface area contributed by atoms with Crippen LogP contribution in [0.3, 0.4) is 0 Å². The minimum absolute atomic E-state index is 0.0294. The van der Waals surface area contributed by atoms with Gasteiger partial charge in [0, 0.05) is 60.9 Å². The Morgan fingerprint density at radius 3 is 0.992 bits per heavy atom. The van der Waals surface area contributed by atoms with Gasteiger partial charge in [-0.25, -0.2) is 56.7 Å². The van der Waals surface area contributed by atoms with Crippen molar-refractivity contribution in [2.45, 2.75) is 51.7 Å². The van der Waals surface area contributed by atoms with E-state index >= 15 is 0 Å². The lowest BCUT2D eigenvalue weighted by molar-refractivity contribution is 0.0342. The number of aromatic nitrogens is 8. The summed E-state index contributed by atoms with van der Waals surface area (Å²) in [6.45, 7) is 11.3. The Bertz CT molecular complexity index is 6460. The molecule has 20 nitrogen and oxygen atoms in total. The fourth-order valence-corrected chi connectivity index (χ4v) is 16.8. The molecule has 4 N–H and O–H groups in total. The van der Waals surface area contributed by atoms with E-state index in [4.69, 9.17) is 4.74 Å². The van der Waals surface area contributed by atoms with Gasteiger partial charge in [-0.1, -0.05) is 164 Å². The zero-order chi connectivity index (χ0) is 86.4. The van der Waals surface area contributed by atoms with Gasteiger partial charge in [-0.05, 0) is 213 Å². The maximum atomic E-state index is 14.9. The average Bonchev–Trinajstić information content (AvgIpc) is 1.12. The number of carboxylic acids is 4. The SMILES string of the molecule is Cn1cnc2c(C(=O)O)cc(-c3ccc(-c4cccc(CN5CCCCC5)c4)cc3)cc21.Cn1cnc2c(C(=O)O)cc(-c3ccc(-c4cccc(CN5CCOCC5)c4)cc3)cc21.Cn1cnc2cc(-c3c(F)c(F)c(-c4ccccc4)c(F)c3F)cc(C(=O)O)c21.Cn1cnc2cc(-c3ccc(-c4cccc(CN5CCCC5)c4)cc3)cc(C(=O)O)c21. The van der Waals surface area contributed by atoms with Crippen molar-refractivity contribution in [3.05, 3.63) is 312 Å². The lowest BCUT2D eigenvalue weighted by Gasteiger charge is -2.26. The van der Waals surface area contributed by atoms with E-state index in [1.54, 1.807) is 54.9 Å². The number of hydrogen-bond acceptors (Lipinski definition) is 12. The molecule has 3 saturated heterocycles. The van der Waals surface area contributed by atoms with Crippen LogP contribution in [-0.4, -0.2) is 150 Å². The number of rotatable bonds is 18. The molecule has 4 aromatic heterocycles. The number of fused-ring (bicyclic) bond motifs is 4. The Morgan fingerprint density at radius 1 is 0.306 bits per heavy atom. The number of aryl methyl sites for hydroxylation is 4. The van der Waals surface area contributed by atoms with Gasteiger partial charge in [0.15, 0.2) is 23.3 Å². The van der Waals surface area contributed by atoms with E-state index in [-0.39, 0.29) is 44.4 Å². The Kier molecular flexibility index (Phi) is 24.8. The van der Waals surface area contributed by atoms with Crippen LogP contribution in [0.2, 0.25) is 0 Å². The summed E-state index contributed by atoms with van der Waals surface area (Å²) in [5.41, 5.74) is 19.1. The first-order valence-electron chi connectivity index (χ1n) is 41.1. The fraction of sp³-hybridized carbons (Fsp3) is 0.200. The molecule has 0 aliphatic carbocycles. The van der Waals surface area contributed by atoms with Gasteiger partial charge in [0.25, 0.3) is 0 Å². The molecule has 3 fully saturated rings. The number of aromatic carboxylic acids is 4. The van der Waals surface area contributed by atoms with Crippen LogP contribution >= 0.6 is 0 Å². The van der Waals surface area contributed by atoms with Gasteiger partial charge in [-0.3, -0.25) is 14.7 Å². The lowest BCUT2D eigenvalue weighted by Crippen LogP contribution is -2.35. The predicted molar refractivity (Wildman–Crippen MR) is 474 cm³/mol. The second kappa shape index (κ2) is 36.7. The maximum Gasteiger partial charge on any atom is 0.337 e. The van der Waals surface area contributed by atoms with E-state index in [0.717, 1.165) is 113 Å². The van der Waals surface area contributed by atoms with E-state index in [9.17, 15) is 57.2 Å². The normalized spacial score (nSPS) is 13.8. The Morgan fingerprint density at radius 2 is 0.613 bits per heavy atom. The van der Waals surface area contributed by atoms with Gasteiger partial charge in [-0.15, -0.1) is 0 Å². The fourth-order valence-electron chi connectivity index (χ4n) is 16.8. The molecule has 0 bridgehead atoms. The topological polar surface area (TPSA) is 239 Å². The third-order valence-corrected chi connectivity index (χ3v) is 23.2. The largest absolute Gasteiger partial charge is 0.478 e. The van der Waals surface area contributed by atoms with Gasteiger partial charge in [0.05, 0.1) is 105 Å². The molecular formula is C100H89F4N11O9. The van der Waals surface area contributed by atoms with Gasteiger partial charge in [0.1, 0.15) is 11.0 Å². The van der Waals surface area contributed by atoms with Crippen LogP contribution in [0.4, 0.5) is 17.6 Å². The minimum atomic E-state index is -1.62. The summed E-state index contributed by atoms with van der Waals surface area (Å²) in [5, 5.41) is 38.4. The quantitative estimate of drug-likeness (QED) is 0.0461. The first kappa shape index (κ1) is 83.6. The zero-order valence-corrected chi connectivity index (χ0v) is 68.7. The van der Waals surface area contributed by atoms with E-state index < -0.39 is 58.3 Å². The highest BCUT2D eigenvalue weighted by atomic mass is 19.2. The van der Waals surface area contributed by atoms with E-state index in [0.29, 0.717) is 22.1 Å². The number of morpholine rings is 1. The molecule has 0 amide bonds. The lowest BCUT2D eigenvalue weighted by atomic mass is 9.95. The van der Waals surface area contributed by atoms with E-state index in [1.165, 1.54) is 133 Å². The molecule has 0 unspecified atom stereocenters. The Balaban J connectivity index is 0.000000122. The van der Waals surface area contributed by atoms with Gasteiger partial charge in [0.2, 0.25) is 0 Å². The number of imidazole rings is 4. The summed E-state index contributed by atoms with van der Waals surface area (Å²) in [6, 6.07) is 71.6. The van der Waals surface area contributed by atoms with Crippen molar-refractivity contribution in [2.75, 3.05) is 52.5 Å². The summed E-state index contributed by atoms with van der Waals surface area (Å²) < 4.78 is 71.5. The number of carboxylic acid groups (broad SMARTS) is 4. The van der Waals surface area contributed by atoms with Crippen molar-refractivity contribution < 1.29 is 61.9 Å². The highest BCUT2D eigenvalue weighted by Gasteiger charge is 2.30. The average molecular weight is 1660 g/mol. The van der Waals surface area contributed by atoms with Crippen molar-refractivity contribution in [1.82, 2.24) is 52.9 Å². The van der Waals surface area contributed by atoms with Crippen molar-refractivity contribution in [3.63, 3.8) is 0 Å². The maximum absolute atomic E-state index is 14.9. The molecule has 0 spiro atoms. The summed E-state index contributed by atoms with van der Waals surface area (Å²) >= 11 is 0. The number of likely N-dealkylation sites (tertiary alicyclic amines) is 2. The third-order valence-electron chi connectivity index (χ3n) is 23.2. The molecule has 0 saturated carbocycles. The minimum Gasteiger partial charge on any atom is -0.478 e. The monoisotopic (exact) mass is 1660 g/mol. The van der Waals surface area contributed by atoms with Crippen molar-refractivity contribution in [2.24, 2.45) is 28.2 Å². The molecular weight excluding hydrogens is 1580 g/mol. The highest BCUT2D eigenvalue weighted by Crippen LogP contribution is 2.40. The first-order valence-corrected chi connectivity index (χ1v) is 41.1. The number of benzene rings is 12.